The lowest BCUT2D eigenvalue weighted by Crippen LogP contribution is -2.00. The maximum Gasteiger partial charge on any atom is 0.127 e. The zero-order valence-electron chi connectivity index (χ0n) is 13.3. The van der Waals surface area contributed by atoms with E-state index in [1.165, 1.54) is 11.1 Å². The van der Waals surface area contributed by atoms with Gasteiger partial charge in [-0.1, -0.05) is 23.3 Å². The molecule has 0 saturated heterocycles. The molecule has 22 heavy (non-hydrogen) atoms. The second-order valence-electron chi connectivity index (χ2n) is 5.97. The molecule has 2 heteroatoms. The maximum absolute atomic E-state index is 5.90. The van der Waals surface area contributed by atoms with Crippen LogP contribution in [0.4, 0.5) is 0 Å². The van der Waals surface area contributed by atoms with E-state index in [9.17, 15) is 0 Å². The molecule has 0 aromatic heterocycles. The monoisotopic (exact) mass is 294 g/mol. The smallest absolute Gasteiger partial charge is 0.127 e. The standard InChI is InChI=1S/C20H22O2/c1-15-3-7-17(8-4-15)21-19-11-13-20(14-12-19)22-18-9-5-16(2)6-10-18/h3,5,7,9,11-14H,4,6,8,10H2,1-2H3. The average molecular weight is 294 g/mol. The average Bonchev–Trinajstić information content (AvgIpc) is 2.54. The largest absolute Gasteiger partial charge is 0.462 e. The summed E-state index contributed by atoms with van der Waals surface area (Å²) in [6.45, 7) is 4.30. The third-order valence-corrected chi connectivity index (χ3v) is 3.96. The summed E-state index contributed by atoms with van der Waals surface area (Å²) in [6, 6.07) is 7.86. The first-order valence-corrected chi connectivity index (χ1v) is 7.87. The lowest BCUT2D eigenvalue weighted by molar-refractivity contribution is 0.390. The molecule has 114 valence electrons. The van der Waals surface area contributed by atoms with Crippen molar-refractivity contribution in [2.24, 2.45) is 0 Å². The quantitative estimate of drug-likeness (QED) is 0.710. The number of benzene rings is 1. The van der Waals surface area contributed by atoms with Gasteiger partial charge in [0.05, 0.1) is 0 Å². The second-order valence-corrected chi connectivity index (χ2v) is 5.97. The first-order valence-electron chi connectivity index (χ1n) is 7.87. The van der Waals surface area contributed by atoms with E-state index < -0.39 is 0 Å². The van der Waals surface area contributed by atoms with Crippen LogP contribution in [0.3, 0.4) is 0 Å². The number of allylic oxidation sites excluding steroid dienone is 8. The molecule has 0 fully saturated rings. The van der Waals surface area contributed by atoms with Crippen molar-refractivity contribution in [2.75, 3.05) is 0 Å². The summed E-state index contributed by atoms with van der Waals surface area (Å²) in [5, 5.41) is 0. The van der Waals surface area contributed by atoms with Crippen molar-refractivity contribution in [3.05, 3.63) is 71.2 Å². The molecule has 0 N–H and O–H groups in total. The molecular formula is C20H22O2. The van der Waals surface area contributed by atoms with Crippen molar-refractivity contribution in [1.82, 2.24) is 0 Å². The van der Waals surface area contributed by atoms with Gasteiger partial charge in [0.2, 0.25) is 0 Å². The highest BCUT2D eigenvalue weighted by Crippen LogP contribution is 2.26. The van der Waals surface area contributed by atoms with E-state index in [2.05, 4.69) is 38.2 Å². The molecule has 0 saturated carbocycles. The van der Waals surface area contributed by atoms with E-state index >= 15 is 0 Å². The topological polar surface area (TPSA) is 18.5 Å². The molecule has 3 rings (SSSR count). The van der Waals surface area contributed by atoms with Gasteiger partial charge in [-0.15, -0.1) is 0 Å². The Bertz CT molecular complexity index is 598. The van der Waals surface area contributed by atoms with Gasteiger partial charge < -0.3 is 9.47 Å². The highest BCUT2D eigenvalue weighted by molar-refractivity contribution is 5.35. The van der Waals surface area contributed by atoms with Gasteiger partial charge in [-0.3, -0.25) is 0 Å². The molecule has 0 radical (unpaired) electrons. The lowest BCUT2D eigenvalue weighted by Gasteiger charge is -2.15. The van der Waals surface area contributed by atoms with Gasteiger partial charge in [-0.2, -0.15) is 0 Å². The van der Waals surface area contributed by atoms with Crippen LogP contribution in [0.15, 0.2) is 71.2 Å². The van der Waals surface area contributed by atoms with Gasteiger partial charge in [0.15, 0.2) is 0 Å². The van der Waals surface area contributed by atoms with Gasteiger partial charge >= 0.3 is 0 Å². The second kappa shape index (κ2) is 6.69. The molecule has 2 nitrogen and oxygen atoms in total. The summed E-state index contributed by atoms with van der Waals surface area (Å²) < 4.78 is 11.8. The molecule has 0 unspecified atom stereocenters. The fraction of sp³-hybridized carbons (Fsp3) is 0.300. The SMILES string of the molecule is CC1=CC=C(Oc2ccc(OC3=CC=C(C)CC3)cc2)CC1. The molecule has 0 spiro atoms. The minimum atomic E-state index is 0.861. The summed E-state index contributed by atoms with van der Waals surface area (Å²) in [5.74, 6) is 3.77. The van der Waals surface area contributed by atoms with Gasteiger partial charge in [-0.05, 0) is 63.1 Å². The summed E-state index contributed by atoms with van der Waals surface area (Å²) >= 11 is 0. The van der Waals surface area contributed by atoms with Crippen molar-refractivity contribution in [3.8, 4) is 11.5 Å². The summed E-state index contributed by atoms with van der Waals surface area (Å²) in [5.41, 5.74) is 2.81. The molecule has 2 aliphatic rings. The van der Waals surface area contributed by atoms with Gasteiger partial charge in [0.25, 0.3) is 0 Å². The maximum atomic E-state index is 5.90. The van der Waals surface area contributed by atoms with Crippen LogP contribution in [0, 0.1) is 0 Å². The fourth-order valence-electron chi connectivity index (χ4n) is 2.49. The van der Waals surface area contributed by atoms with E-state index in [4.69, 9.17) is 9.47 Å². The molecule has 0 atom stereocenters. The molecule has 2 aliphatic carbocycles. The van der Waals surface area contributed by atoms with Gasteiger partial charge in [0.1, 0.15) is 23.0 Å². The first-order chi connectivity index (χ1) is 10.7. The third kappa shape index (κ3) is 3.91. The van der Waals surface area contributed by atoms with E-state index in [0.717, 1.165) is 48.7 Å². The van der Waals surface area contributed by atoms with E-state index in [0.29, 0.717) is 0 Å². The third-order valence-electron chi connectivity index (χ3n) is 3.96. The molecule has 0 aliphatic heterocycles. The number of hydrogen-bond acceptors (Lipinski definition) is 2. The van der Waals surface area contributed by atoms with E-state index in [-0.39, 0.29) is 0 Å². The first kappa shape index (κ1) is 14.7. The zero-order valence-corrected chi connectivity index (χ0v) is 13.3. The van der Waals surface area contributed by atoms with Crippen molar-refractivity contribution >= 4 is 0 Å². The van der Waals surface area contributed by atoms with Crippen molar-refractivity contribution in [3.63, 3.8) is 0 Å². The highest BCUT2D eigenvalue weighted by Gasteiger charge is 2.08. The Morgan fingerprint density at radius 2 is 1.00 bits per heavy atom. The van der Waals surface area contributed by atoms with Crippen LogP contribution in [0.1, 0.15) is 39.5 Å². The Hall–Kier alpha value is -2.22. The van der Waals surface area contributed by atoms with Crippen molar-refractivity contribution in [1.29, 1.82) is 0 Å². The Balaban J connectivity index is 1.61. The van der Waals surface area contributed by atoms with Gasteiger partial charge in [0, 0.05) is 12.8 Å². The Labute approximate surface area is 132 Å². The molecule has 1 aromatic carbocycles. The van der Waals surface area contributed by atoms with Crippen LogP contribution < -0.4 is 9.47 Å². The zero-order chi connectivity index (χ0) is 15.4. The fourth-order valence-corrected chi connectivity index (χ4v) is 2.49. The van der Waals surface area contributed by atoms with Crippen molar-refractivity contribution < 1.29 is 9.47 Å². The molecule has 0 heterocycles. The summed E-state index contributed by atoms with van der Waals surface area (Å²) in [4.78, 5) is 0. The molecule has 1 aromatic rings. The highest BCUT2D eigenvalue weighted by atomic mass is 16.5. The minimum Gasteiger partial charge on any atom is -0.462 e. The lowest BCUT2D eigenvalue weighted by atomic mass is 10.1. The van der Waals surface area contributed by atoms with Crippen LogP contribution in [-0.4, -0.2) is 0 Å². The molecule has 0 amide bonds. The molecular weight excluding hydrogens is 272 g/mol. The number of rotatable bonds is 4. The van der Waals surface area contributed by atoms with E-state index in [1.807, 2.05) is 24.3 Å². The van der Waals surface area contributed by atoms with Gasteiger partial charge in [-0.25, -0.2) is 0 Å². The number of ether oxygens (including phenoxy) is 2. The predicted octanol–water partition coefficient (Wildman–Crippen LogP) is 5.69. The van der Waals surface area contributed by atoms with Crippen molar-refractivity contribution in [2.45, 2.75) is 39.5 Å². The summed E-state index contributed by atoms with van der Waals surface area (Å²) in [7, 11) is 0. The Kier molecular flexibility index (Phi) is 4.47. The predicted molar refractivity (Wildman–Crippen MR) is 89.8 cm³/mol. The summed E-state index contributed by atoms with van der Waals surface area (Å²) in [6.07, 6.45) is 12.5. The van der Waals surface area contributed by atoms with Crippen LogP contribution in [0.2, 0.25) is 0 Å². The normalized spacial score (nSPS) is 17.9. The van der Waals surface area contributed by atoms with E-state index in [1.54, 1.807) is 0 Å². The van der Waals surface area contributed by atoms with Crippen LogP contribution >= 0.6 is 0 Å². The van der Waals surface area contributed by atoms with Crippen LogP contribution in [0.25, 0.3) is 0 Å². The number of hydrogen-bond donors (Lipinski definition) is 0. The minimum absolute atomic E-state index is 0.861. The molecule has 0 bridgehead atoms. The van der Waals surface area contributed by atoms with Crippen LogP contribution in [-0.2, 0) is 0 Å². The Morgan fingerprint density at radius 3 is 1.32 bits per heavy atom. The Morgan fingerprint density at radius 1 is 0.591 bits per heavy atom. The van der Waals surface area contributed by atoms with Crippen LogP contribution in [0.5, 0.6) is 11.5 Å².